The molecule has 0 radical (unpaired) electrons. The van der Waals surface area contributed by atoms with E-state index in [4.69, 9.17) is 11.6 Å². The number of alkyl halides is 1. The van der Waals surface area contributed by atoms with Gasteiger partial charge in [-0.25, -0.2) is 0 Å². The average molecular weight is 262 g/mol. The molecular weight excluding hydrogens is 230 g/mol. The van der Waals surface area contributed by atoms with Gasteiger partial charge in [0.15, 0.2) is 0 Å². The fourth-order valence-corrected chi connectivity index (χ4v) is 1.89. The molecule has 0 bridgehead atoms. The first-order valence-corrected chi connectivity index (χ1v) is 7.83. The lowest BCUT2D eigenvalue weighted by molar-refractivity contribution is 0.375. The van der Waals surface area contributed by atoms with Gasteiger partial charge in [0, 0.05) is 10.9 Å². The second-order valence-electron chi connectivity index (χ2n) is 5.74. The van der Waals surface area contributed by atoms with Crippen molar-refractivity contribution in [2.24, 2.45) is 0 Å². The van der Waals surface area contributed by atoms with Crippen molar-refractivity contribution >= 4 is 11.6 Å². The highest BCUT2D eigenvalue weighted by Gasteiger charge is 2.22. The van der Waals surface area contributed by atoms with Crippen LogP contribution in [0.2, 0.25) is 0 Å². The summed E-state index contributed by atoms with van der Waals surface area (Å²) in [6, 6.07) is 0. The van der Waals surface area contributed by atoms with E-state index < -0.39 is 0 Å². The van der Waals surface area contributed by atoms with Gasteiger partial charge in [-0.1, -0.05) is 51.9 Å². The minimum atomic E-state index is 0.0582. The highest BCUT2D eigenvalue weighted by Crippen LogP contribution is 2.15. The topological polar surface area (TPSA) is 12.0 Å². The molecule has 17 heavy (non-hydrogen) atoms. The van der Waals surface area contributed by atoms with E-state index in [2.05, 4.69) is 33.0 Å². The Hall–Kier alpha value is 0.250. The van der Waals surface area contributed by atoms with Gasteiger partial charge in [0.25, 0.3) is 0 Å². The van der Waals surface area contributed by atoms with E-state index in [-0.39, 0.29) is 10.9 Å². The van der Waals surface area contributed by atoms with Crippen LogP contribution in [0.25, 0.3) is 0 Å². The zero-order valence-electron chi connectivity index (χ0n) is 12.3. The summed E-state index contributed by atoms with van der Waals surface area (Å²) in [5, 5.41) is 3.72. The summed E-state index contributed by atoms with van der Waals surface area (Å²) < 4.78 is 0. The zero-order chi connectivity index (χ0) is 13.1. The number of hydrogen-bond donors (Lipinski definition) is 1. The average Bonchev–Trinajstić information content (AvgIpc) is 2.26. The van der Waals surface area contributed by atoms with E-state index in [0.717, 1.165) is 6.54 Å². The molecule has 0 heterocycles. The van der Waals surface area contributed by atoms with E-state index in [1.807, 2.05) is 0 Å². The highest BCUT2D eigenvalue weighted by molar-refractivity contribution is 6.21. The summed E-state index contributed by atoms with van der Waals surface area (Å²) in [6.45, 7) is 9.78. The normalized spacial score (nSPS) is 13.9. The van der Waals surface area contributed by atoms with Crippen LogP contribution in [-0.2, 0) is 0 Å². The SMILES string of the molecule is CCCCCCCCCCNC(C)(C)C(C)Cl. The number of halogens is 1. The van der Waals surface area contributed by atoms with Crippen LogP contribution < -0.4 is 5.32 Å². The molecule has 0 aliphatic carbocycles. The zero-order valence-corrected chi connectivity index (χ0v) is 13.1. The molecule has 0 rings (SSSR count). The highest BCUT2D eigenvalue weighted by atomic mass is 35.5. The van der Waals surface area contributed by atoms with Gasteiger partial charge < -0.3 is 5.32 Å². The first-order valence-electron chi connectivity index (χ1n) is 7.39. The Labute approximate surface area is 114 Å². The molecular formula is C15H32ClN. The lowest BCUT2D eigenvalue weighted by Crippen LogP contribution is -2.46. The molecule has 1 unspecified atom stereocenters. The maximum atomic E-state index is 6.12. The summed E-state index contributed by atoms with van der Waals surface area (Å²) in [5.74, 6) is 0. The van der Waals surface area contributed by atoms with E-state index >= 15 is 0 Å². The third-order valence-corrected chi connectivity index (χ3v) is 4.15. The minimum absolute atomic E-state index is 0.0582. The van der Waals surface area contributed by atoms with Crippen molar-refractivity contribution < 1.29 is 0 Å². The number of nitrogens with one attached hydrogen (secondary N) is 1. The van der Waals surface area contributed by atoms with Gasteiger partial charge in [0.1, 0.15) is 0 Å². The van der Waals surface area contributed by atoms with Crippen LogP contribution in [-0.4, -0.2) is 17.5 Å². The molecule has 0 aromatic rings. The van der Waals surface area contributed by atoms with Gasteiger partial charge in [-0.15, -0.1) is 11.6 Å². The summed E-state index contributed by atoms with van der Waals surface area (Å²) in [4.78, 5) is 0. The number of hydrogen-bond acceptors (Lipinski definition) is 1. The molecule has 0 aliphatic rings. The van der Waals surface area contributed by atoms with Gasteiger partial charge in [-0.05, 0) is 33.7 Å². The molecule has 1 N–H and O–H groups in total. The maximum Gasteiger partial charge on any atom is 0.0484 e. The van der Waals surface area contributed by atoms with Crippen molar-refractivity contribution in [3.05, 3.63) is 0 Å². The van der Waals surface area contributed by atoms with Gasteiger partial charge in [0.2, 0.25) is 0 Å². The largest absolute Gasteiger partial charge is 0.310 e. The second-order valence-corrected chi connectivity index (χ2v) is 6.39. The predicted octanol–water partition coefficient (Wildman–Crippen LogP) is 5.12. The van der Waals surface area contributed by atoms with Crippen LogP contribution in [0.4, 0.5) is 0 Å². The van der Waals surface area contributed by atoms with Gasteiger partial charge in [0.05, 0.1) is 0 Å². The van der Waals surface area contributed by atoms with E-state index in [0.29, 0.717) is 0 Å². The lowest BCUT2D eigenvalue weighted by Gasteiger charge is -2.29. The molecule has 0 spiro atoms. The standard InChI is InChI=1S/C15H32ClN/c1-5-6-7-8-9-10-11-12-13-17-15(3,4)14(2)16/h14,17H,5-13H2,1-4H3. The quantitative estimate of drug-likeness (QED) is 0.402. The molecule has 0 aromatic heterocycles. The fourth-order valence-electron chi connectivity index (χ4n) is 1.81. The molecule has 104 valence electrons. The van der Waals surface area contributed by atoms with E-state index in [9.17, 15) is 0 Å². The molecule has 0 saturated heterocycles. The Morgan fingerprint density at radius 1 is 0.941 bits per heavy atom. The van der Waals surface area contributed by atoms with Crippen LogP contribution in [0.5, 0.6) is 0 Å². The Kier molecular flexibility index (Phi) is 10.3. The first-order chi connectivity index (χ1) is 8.00. The number of rotatable bonds is 11. The van der Waals surface area contributed by atoms with Gasteiger partial charge >= 0.3 is 0 Å². The summed E-state index contributed by atoms with van der Waals surface area (Å²) in [5.41, 5.74) is 0.0582. The maximum absolute atomic E-state index is 6.12. The predicted molar refractivity (Wildman–Crippen MR) is 80.0 cm³/mol. The number of unbranched alkanes of at least 4 members (excludes halogenated alkanes) is 7. The van der Waals surface area contributed by atoms with Gasteiger partial charge in [-0.3, -0.25) is 0 Å². The fraction of sp³-hybridized carbons (Fsp3) is 1.00. The summed E-state index contributed by atoms with van der Waals surface area (Å²) in [6.07, 6.45) is 11.0. The molecule has 2 heteroatoms. The molecule has 1 atom stereocenters. The van der Waals surface area contributed by atoms with Crippen molar-refractivity contribution in [3.8, 4) is 0 Å². The Morgan fingerprint density at radius 3 is 1.88 bits per heavy atom. The van der Waals surface area contributed by atoms with Crippen LogP contribution >= 0.6 is 11.6 Å². The summed E-state index contributed by atoms with van der Waals surface area (Å²) in [7, 11) is 0. The Morgan fingerprint density at radius 2 is 1.41 bits per heavy atom. The minimum Gasteiger partial charge on any atom is -0.310 e. The molecule has 0 aromatic carbocycles. The van der Waals surface area contributed by atoms with Crippen molar-refractivity contribution in [2.75, 3.05) is 6.54 Å². The van der Waals surface area contributed by atoms with Gasteiger partial charge in [-0.2, -0.15) is 0 Å². The third-order valence-electron chi connectivity index (χ3n) is 3.61. The second kappa shape index (κ2) is 10.2. The van der Waals surface area contributed by atoms with Crippen LogP contribution in [0, 0.1) is 0 Å². The van der Waals surface area contributed by atoms with Crippen LogP contribution in [0.1, 0.15) is 79.1 Å². The third kappa shape index (κ3) is 9.91. The van der Waals surface area contributed by atoms with Crippen molar-refractivity contribution in [2.45, 2.75) is 90.0 Å². The van der Waals surface area contributed by atoms with E-state index in [1.54, 1.807) is 0 Å². The molecule has 0 amide bonds. The van der Waals surface area contributed by atoms with Crippen molar-refractivity contribution in [1.82, 2.24) is 5.32 Å². The van der Waals surface area contributed by atoms with Crippen LogP contribution in [0.3, 0.4) is 0 Å². The monoisotopic (exact) mass is 261 g/mol. The Bertz CT molecular complexity index is 166. The van der Waals surface area contributed by atoms with Crippen LogP contribution in [0.15, 0.2) is 0 Å². The summed E-state index contributed by atoms with van der Waals surface area (Å²) >= 11 is 6.12. The first kappa shape index (κ1) is 17.2. The van der Waals surface area contributed by atoms with E-state index in [1.165, 1.54) is 51.4 Å². The molecule has 0 aliphatic heterocycles. The Balaban J connectivity index is 3.24. The van der Waals surface area contributed by atoms with Crippen molar-refractivity contribution in [3.63, 3.8) is 0 Å². The smallest absolute Gasteiger partial charge is 0.0484 e. The van der Waals surface area contributed by atoms with Crippen molar-refractivity contribution in [1.29, 1.82) is 0 Å². The lowest BCUT2D eigenvalue weighted by atomic mass is 10.0. The molecule has 0 fully saturated rings. The molecule has 0 saturated carbocycles. The molecule has 1 nitrogen and oxygen atoms in total.